The van der Waals surface area contributed by atoms with Crippen LogP contribution in [0.4, 0.5) is 0 Å². The zero-order chi connectivity index (χ0) is 11.4. The van der Waals surface area contributed by atoms with Gasteiger partial charge in [0, 0.05) is 6.07 Å². The quantitative estimate of drug-likeness (QED) is 0.769. The highest BCUT2D eigenvalue weighted by atomic mass is 32.1. The molecule has 0 saturated heterocycles. The van der Waals surface area contributed by atoms with Crippen molar-refractivity contribution in [3.63, 3.8) is 0 Å². The Morgan fingerprint density at radius 2 is 2.33 bits per heavy atom. The summed E-state index contributed by atoms with van der Waals surface area (Å²) in [6.45, 7) is 6.11. The van der Waals surface area contributed by atoms with Crippen molar-refractivity contribution >= 4 is 18.5 Å². The Balaban J connectivity index is 2.40. The largest absolute Gasteiger partial charge is 0.359 e. The van der Waals surface area contributed by atoms with Crippen LogP contribution in [0.5, 0.6) is 0 Å². The van der Waals surface area contributed by atoms with Gasteiger partial charge in [-0.15, -0.1) is 0 Å². The molecule has 0 bridgehead atoms. The number of hydrogen-bond donors (Lipinski definition) is 2. The lowest BCUT2D eigenvalue weighted by molar-refractivity contribution is -0.121. The van der Waals surface area contributed by atoms with E-state index in [2.05, 4.69) is 23.1 Å². The summed E-state index contributed by atoms with van der Waals surface area (Å²) < 4.78 is 4.97. The Morgan fingerprint density at radius 3 is 2.80 bits per heavy atom. The van der Waals surface area contributed by atoms with Crippen molar-refractivity contribution in [2.24, 2.45) is 5.92 Å². The van der Waals surface area contributed by atoms with Crippen molar-refractivity contribution in [2.75, 3.05) is 0 Å². The molecule has 84 valence electrons. The van der Waals surface area contributed by atoms with Crippen LogP contribution >= 0.6 is 12.6 Å². The Morgan fingerprint density at radius 1 is 1.67 bits per heavy atom. The maximum absolute atomic E-state index is 11.5. The number of carbonyl (C=O) groups is 1. The number of aryl methyl sites for hydroxylation is 1. The fourth-order valence-electron chi connectivity index (χ4n) is 1.08. The van der Waals surface area contributed by atoms with E-state index in [1.807, 2.05) is 20.8 Å². The van der Waals surface area contributed by atoms with Crippen LogP contribution in [0.1, 0.15) is 25.3 Å². The predicted octanol–water partition coefficient (Wildman–Crippen LogP) is 1.55. The van der Waals surface area contributed by atoms with E-state index < -0.39 is 0 Å². The fourth-order valence-corrected chi connectivity index (χ4v) is 1.17. The summed E-state index contributed by atoms with van der Waals surface area (Å²) in [5, 5.41) is 6.19. The maximum atomic E-state index is 11.5. The zero-order valence-corrected chi connectivity index (χ0v) is 10.0. The minimum atomic E-state index is -0.283. The first-order chi connectivity index (χ1) is 7.00. The summed E-state index contributed by atoms with van der Waals surface area (Å²) in [6.07, 6.45) is 0. The first-order valence-electron chi connectivity index (χ1n) is 4.88. The molecule has 0 aromatic carbocycles. The highest BCUT2D eigenvalue weighted by Gasteiger charge is 2.17. The molecule has 4 nitrogen and oxygen atoms in total. The van der Waals surface area contributed by atoms with Crippen LogP contribution in [0.3, 0.4) is 0 Å². The molecule has 5 heteroatoms. The Kier molecular flexibility index (Phi) is 4.20. The van der Waals surface area contributed by atoms with E-state index in [1.54, 1.807) is 6.07 Å². The second kappa shape index (κ2) is 5.21. The number of hydrogen-bond acceptors (Lipinski definition) is 4. The summed E-state index contributed by atoms with van der Waals surface area (Å²) in [7, 11) is 0. The van der Waals surface area contributed by atoms with Crippen molar-refractivity contribution in [1.82, 2.24) is 10.5 Å². The molecule has 0 saturated carbocycles. The Bertz CT molecular complexity index is 336. The van der Waals surface area contributed by atoms with Gasteiger partial charge >= 0.3 is 0 Å². The van der Waals surface area contributed by atoms with Crippen molar-refractivity contribution < 1.29 is 9.32 Å². The van der Waals surface area contributed by atoms with E-state index in [0.29, 0.717) is 12.3 Å². The first kappa shape index (κ1) is 12.1. The second-order valence-corrected chi connectivity index (χ2v) is 4.40. The van der Waals surface area contributed by atoms with Gasteiger partial charge in [-0.25, -0.2) is 0 Å². The molecule has 1 aromatic heterocycles. The third-order valence-electron chi connectivity index (χ3n) is 2.01. The van der Waals surface area contributed by atoms with Gasteiger partial charge in [0.1, 0.15) is 0 Å². The van der Waals surface area contributed by atoms with E-state index in [1.165, 1.54) is 0 Å². The summed E-state index contributed by atoms with van der Waals surface area (Å²) in [6, 6.07) is 1.79. The molecule has 1 atom stereocenters. The van der Waals surface area contributed by atoms with Crippen LogP contribution < -0.4 is 5.32 Å². The smallest absolute Gasteiger partial charge is 0.233 e. The van der Waals surface area contributed by atoms with Crippen LogP contribution in [0.25, 0.3) is 0 Å². The number of nitrogens with zero attached hydrogens (tertiary/aromatic N) is 1. The van der Waals surface area contributed by atoms with E-state index in [4.69, 9.17) is 4.52 Å². The molecular formula is C10H16N2O2S. The number of rotatable bonds is 4. The molecule has 1 N–H and O–H groups in total. The molecule has 0 aliphatic carbocycles. The number of aromatic nitrogens is 1. The molecule has 0 spiro atoms. The summed E-state index contributed by atoms with van der Waals surface area (Å²) in [5.41, 5.74) is 0.811. The third kappa shape index (κ3) is 3.58. The van der Waals surface area contributed by atoms with Crippen molar-refractivity contribution in [1.29, 1.82) is 0 Å². The van der Waals surface area contributed by atoms with Gasteiger partial charge in [-0.2, -0.15) is 12.6 Å². The minimum Gasteiger partial charge on any atom is -0.359 e. The molecule has 0 aliphatic rings. The van der Waals surface area contributed by atoms with Gasteiger partial charge in [0.15, 0.2) is 5.76 Å². The average molecular weight is 228 g/mol. The third-order valence-corrected chi connectivity index (χ3v) is 2.84. The highest BCUT2D eigenvalue weighted by Crippen LogP contribution is 2.09. The number of nitrogens with one attached hydrogen (secondary N) is 1. The fraction of sp³-hybridized carbons (Fsp3) is 0.600. The van der Waals surface area contributed by atoms with E-state index in [-0.39, 0.29) is 17.1 Å². The molecule has 1 aromatic rings. The molecule has 1 unspecified atom stereocenters. The number of carbonyl (C=O) groups excluding carboxylic acids is 1. The normalized spacial score (nSPS) is 12.9. The molecule has 0 aliphatic heterocycles. The summed E-state index contributed by atoms with van der Waals surface area (Å²) in [5.74, 6) is 0.789. The van der Waals surface area contributed by atoms with Gasteiger partial charge in [0.25, 0.3) is 0 Å². The van der Waals surface area contributed by atoms with Gasteiger partial charge in [-0.3, -0.25) is 4.79 Å². The molecular weight excluding hydrogens is 212 g/mol. The summed E-state index contributed by atoms with van der Waals surface area (Å²) >= 11 is 4.21. The minimum absolute atomic E-state index is 0.0811. The standard InChI is InChI=1S/C10H16N2O2S/c1-6(2)9(15)10(13)11-5-8-4-7(3)12-14-8/h4,6,9,15H,5H2,1-3H3,(H,11,13). The first-order valence-corrected chi connectivity index (χ1v) is 5.40. The van der Waals surface area contributed by atoms with E-state index in [9.17, 15) is 4.79 Å². The number of amides is 1. The monoisotopic (exact) mass is 228 g/mol. The van der Waals surface area contributed by atoms with Crippen LogP contribution in [0.15, 0.2) is 10.6 Å². The lowest BCUT2D eigenvalue weighted by atomic mass is 10.1. The number of thiol groups is 1. The van der Waals surface area contributed by atoms with Crippen LogP contribution in [0.2, 0.25) is 0 Å². The molecule has 0 radical (unpaired) electrons. The van der Waals surface area contributed by atoms with Crippen LogP contribution in [-0.4, -0.2) is 16.3 Å². The van der Waals surface area contributed by atoms with Crippen molar-refractivity contribution in [3.8, 4) is 0 Å². The summed E-state index contributed by atoms with van der Waals surface area (Å²) in [4.78, 5) is 11.5. The van der Waals surface area contributed by atoms with Crippen LogP contribution in [-0.2, 0) is 11.3 Å². The lowest BCUT2D eigenvalue weighted by Gasteiger charge is -2.13. The predicted molar refractivity (Wildman–Crippen MR) is 60.7 cm³/mol. The zero-order valence-electron chi connectivity index (χ0n) is 9.15. The molecule has 15 heavy (non-hydrogen) atoms. The van der Waals surface area contributed by atoms with Crippen LogP contribution in [0, 0.1) is 12.8 Å². The van der Waals surface area contributed by atoms with Gasteiger partial charge in [-0.1, -0.05) is 19.0 Å². The Labute approximate surface area is 94.8 Å². The van der Waals surface area contributed by atoms with Gasteiger partial charge in [0.2, 0.25) is 5.91 Å². The SMILES string of the molecule is Cc1cc(CNC(=O)C(S)C(C)C)on1. The maximum Gasteiger partial charge on any atom is 0.233 e. The van der Waals surface area contributed by atoms with E-state index in [0.717, 1.165) is 5.69 Å². The molecule has 0 fully saturated rings. The average Bonchev–Trinajstić information content (AvgIpc) is 2.59. The van der Waals surface area contributed by atoms with Gasteiger partial charge in [0.05, 0.1) is 17.5 Å². The topological polar surface area (TPSA) is 55.1 Å². The lowest BCUT2D eigenvalue weighted by Crippen LogP contribution is -2.33. The second-order valence-electron chi connectivity index (χ2n) is 3.84. The highest BCUT2D eigenvalue weighted by molar-refractivity contribution is 7.81. The molecule has 1 heterocycles. The van der Waals surface area contributed by atoms with Gasteiger partial charge < -0.3 is 9.84 Å². The molecule has 1 amide bonds. The van der Waals surface area contributed by atoms with E-state index >= 15 is 0 Å². The Hall–Kier alpha value is -0.970. The van der Waals surface area contributed by atoms with Crippen molar-refractivity contribution in [2.45, 2.75) is 32.6 Å². The van der Waals surface area contributed by atoms with Crippen molar-refractivity contribution in [3.05, 3.63) is 17.5 Å². The van der Waals surface area contributed by atoms with Gasteiger partial charge in [-0.05, 0) is 12.8 Å². The molecule has 1 rings (SSSR count).